The number of rotatable bonds is 1. The van der Waals surface area contributed by atoms with E-state index in [2.05, 4.69) is 4.99 Å². The van der Waals surface area contributed by atoms with Crippen LogP contribution in [0.3, 0.4) is 0 Å². The van der Waals surface area contributed by atoms with Crippen molar-refractivity contribution in [3.63, 3.8) is 0 Å². The molecular weight excluding hydrogens is 210 g/mol. The fraction of sp³-hybridized carbons (Fsp3) is 0.300. The molecule has 0 bridgehead atoms. The lowest BCUT2D eigenvalue weighted by molar-refractivity contribution is -0.131. The molecule has 0 aromatic carbocycles. The molecule has 2 aliphatic heterocycles. The first kappa shape index (κ1) is 10.4. The number of hydrogen-bond donors (Lipinski definition) is 1. The van der Waals surface area contributed by atoms with E-state index in [-0.39, 0.29) is 17.4 Å². The molecule has 0 aliphatic carbocycles. The zero-order valence-corrected chi connectivity index (χ0v) is 8.93. The Bertz CT molecular complexity index is 462. The van der Waals surface area contributed by atoms with Crippen molar-refractivity contribution in [2.75, 3.05) is 0 Å². The second-order valence-electron chi connectivity index (χ2n) is 3.63. The van der Waals surface area contributed by atoms with E-state index in [1.807, 2.05) is 0 Å². The SMILES string of the molecule is CC1=COC=C2N=C(C(N)=O)C(C)C(=O)N12. The topological polar surface area (TPSA) is 85.0 Å². The average molecular weight is 221 g/mol. The van der Waals surface area contributed by atoms with Crippen LogP contribution in [0.15, 0.2) is 29.0 Å². The number of aliphatic imine (C=N–C) groups is 1. The first-order chi connectivity index (χ1) is 7.52. The number of nitrogens with zero attached hydrogens (tertiary/aromatic N) is 2. The number of carbonyl (C=O) groups excluding carboxylic acids is 2. The van der Waals surface area contributed by atoms with Crippen molar-refractivity contribution in [1.82, 2.24) is 4.90 Å². The quantitative estimate of drug-likeness (QED) is 0.680. The molecule has 0 fully saturated rings. The predicted octanol–water partition coefficient (Wildman–Crippen LogP) is 0.0814. The van der Waals surface area contributed by atoms with Gasteiger partial charge in [-0.15, -0.1) is 0 Å². The normalized spacial score (nSPS) is 23.9. The van der Waals surface area contributed by atoms with Crippen molar-refractivity contribution < 1.29 is 14.3 Å². The molecule has 2 rings (SSSR count). The van der Waals surface area contributed by atoms with Gasteiger partial charge in [0.15, 0.2) is 5.82 Å². The van der Waals surface area contributed by atoms with Crippen molar-refractivity contribution in [1.29, 1.82) is 0 Å². The summed E-state index contributed by atoms with van der Waals surface area (Å²) in [5, 5.41) is 0. The highest BCUT2D eigenvalue weighted by molar-refractivity contribution is 6.43. The molecule has 2 N–H and O–H groups in total. The van der Waals surface area contributed by atoms with Crippen LogP contribution in [0, 0.1) is 5.92 Å². The molecule has 0 spiro atoms. The summed E-state index contributed by atoms with van der Waals surface area (Å²) in [6, 6.07) is 0. The lowest BCUT2D eigenvalue weighted by Crippen LogP contribution is -2.45. The van der Waals surface area contributed by atoms with E-state index in [1.165, 1.54) is 17.4 Å². The molecule has 6 nitrogen and oxygen atoms in total. The van der Waals surface area contributed by atoms with Gasteiger partial charge in [0.25, 0.3) is 5.91 Å². The van der Waals surface area contributed by atoms with E-state index in [4.69, 9.17) is 10.5 Å². The standard InChI is InChI=1S/C10H11N3O3/c1-5-3-16-4-7-12-8(9(11)14)6(2)10(15)13(5)7/h3-4,6H,1-2H3,(H2,11,14). The molecule has 16 heavy (non-hydrogen) atoms. The highest BCUT2D eigenvalue weighted by atomic mass is 16.5. The summed E-state index contributed by atoms with van der Waals surface area (Å²) in [6.45, 7) is 3.33. The van der Waals surface area contributed by atoms with Crippen LogP contribution in [0.1, 0.15) is 13.8 Å². The molecule has 0 saturated carbocycles. The Kier molecular flexibility index (Phi) is 2.26. The molecule has 0 aromatic rings. The number of primary amides is 1. The number of ether oxygens (including phenoxy) is 1. The first-order valence-electron chi connectivity index (χ1n) is 4.77. The minimum absolute atomic E-state index is 0.0609. The van der Waals surface area contributed by atoms with Gasteiger partial charge in [-0.05, 0) is 13.8 Å². The van der Waals surface area contributed by atoms with E-state index in [1.54, 1.807) is 13.8 Å². The first-order valence-corrected chi connectivity index (χ1v) is 4.77. The van der Waals surface area contributed by atoms with Crippen molar-refractivity contribution in [3.8, 4) is 0 Å². The summed E-state index contributed by atoms with van der Waals surface area (Å²) in [5.41, 5.74) is 5.84. The number of nitrogens with two attached hydrogens (primary N) is 1. The van der Waals surface area contributed by atoms with Crippen molar-refractivity contribution in [3.05, 3.63) is 24.0 Å². The Morgan fingerprint density at radius 1 is 1.56 bits per heavy atom. The van der Waals surface area contributed by atoms with E-state index < -0.39 is 11.8 Å². The smallest absolute Gasteiger partial charge is 0.263 e. The van der Waals surface area contributed by atoms with Gasteiger partial charge < -0.3 is 10.5 Å². The maximum absolute atomic E-state index is 12.0. The lowest BCUT2D eigenvalue weighted by atomic mass is 10.0. The summed E-state index contributed by atoms with van der Waals surface area (Å²) in [5.74, 6) is -1.26. The molecule has 2 heterocycles. The molecule has 1 atom stereocenters. The van der Waals surface area contributed by atoms with Gasteiger partial charge in [0.1, 0.15) is 18.2 Å². The minimum atomic E-state index is -0.686. The summed E-state index contributed by atoms with van der Waals surface area (Å²) < 4.78 is 4.99. The van der Waals surface area contributed by atoms with Gasteiger partial charge in [0.2, 0.25) is 5.91 Å². The number of carbonyl (C=O) groups is 2. The van der Waals surface area contributed by atoms with Crippen LogP contribution in [0.5, 0.6) is 0 Å². The van der Waals surface area contributed by atoms with E-state index in [9.17, 15) is 9.59 Å². The molecule has 0 aromatic heterocycles. The molecular formula is C10H11N3O3. The summed E-state index contributed by atoms with van der Waals surface area (Å²) in [6.07, 6.45) is 2.75. The fourth-order valence-corrected chi connectivity index (χ4v) is 1.64. The molecule has 0 saturated heterocycles. The van der Waals surface area contributed by atoms with Crippen LogP contribution in [0.25, 0.3) is 0 Å². The Balaban J connectivity index is 2.49. The summed E-state index contributed by atoms with van der Waals surface area (Å²) in [4.78, 5) is 28.5. The molecule has 6 heteroatoms. The van der Waals surface area contributed by atoms with Crippen molar-refractivity contribution in [2.45, 2.75) is 13.8 Å². The summed E-state index contributed by atoms with van der Waals surface area (Å²) >= 11 is 0. The third-order valence-corrected chi connectivity index (χ3v) is 2.48. The van der Waals surface area contributed by atoms with Gasteiger partial charge in [0, 0.05) is 0 Å². The number of amides is 2. The van der Waals surface area contributed by atoms with Gasteiger partial charge in [-0.25, -0.2) is 4.99 Å². The van der Waals surface area contributed by atoms with Crippen molar-refractivity contribution >= 4 is 17.5 Å². The monoisotopic (exact) mass is 221 g/mol. The van der Waals surface area contributed by atoms with Gasteiger partial charge >= 0.3 is 0 Å². The zero-order valence-electron chi connectivity index (χ0n) is 8.93. The summed E-state index contributed by atoms with van der Waals surface area (Å²) in [7, 11) is 0. The van der Waals surface area contributed by atoms with Gasteiger partial charge in [0.05, 0.1) is 11.6 Å². The zero-order chi connectivity index (χ0) is 11.9. The Morgan fingerprint density at radius 2 is 2.25 bits per heavy atom. The fourth-order valence-electron chi connectivity index (χ4n) is 1.64. The highest BCUT2D eigenvalue weighted by Gasteiger charge is 2.36. The largest absolute Gasteiger partial charge is 0.467 e. The van der Waals surface area contributed by atoms with Gasteiger partial charge in [-0.1, -0.05) is 0 Å². The van der Waals surface area contributed by atoms with E-state index in [0.29, 0.717) is 5.70 Å². The van der Waals surface area contributed by atoms with Gasteiger partial charge in [-0.2, -0.15) is 0 Å². The minimum Gasteiger partial charge on any atom is -0.467 e. The molecule has 0 radical (unpaired) electrons. The Hall–Kier alpha value is -2.11. The van der Waals surface area contributed by atoms with E-state index >= 15 is 0 Å². The second-order valence-corrected chi connectivity index (χ2v) is 3.63. The van der Waals surface area contributed by atoms with Crippen LogP contribution in [0.2, 0.25) is 0 Å². The van der Waals surface area contributed by atoms with Gasteiger partial charge in [-0.3, -0.25) is 14.5 Å². The third kappa shape index (κ3) is 1.39. The van der Waals surface area contributed by atoms with Crippen molar-refractivity contribution in [2.24, 2.45) is 16.6 Å². The number of allylic oxidation sites excluding steroid dienone is 1. The molecule has 2 amide bonds. The van der Waals surface area contributed by atoms with Crippen LogP contribution in [-0.4, -0.2) is 22.4 Å². The van der Waals surface area contributed by atoms with Crippen LogP contribution >= 0.6 is 0 Å². The third-order valence-electron chi connectivity index (χ3n) is 2.48. The maximum Gasteiger partial charge on any atom is 0.263 e. The highest BCUT2D eigenvalue weighted by Crippen LogP contribution is 2.27. The second kappa shape index (κ2) is 3.48. The molecule has 84 valence electrons. The Morgan fingerprint density at radius 3 is 2.88 bits per heavy atom. The van der Waals surface area contributed by atoms with Crippen LogP contribution in [-0.2, 0) is 14.3 Å². The predicted molar refractivity (Wildman–Crippen MR) is 55.6 cm³/mol. The van der Waals surface area contributed by atoms with E-state index in [0.717, 1.165) is 0 Å². The molecule has 2 aliphatic rings. The lowest BCUT2D eigenvalue weighted by Gasteiger charge is -2.32. The average Bonchev–Trinajstić information content (AvgIpc) is 2.22. The molecule has 1 unspecified atom stereocenters. The number of hydrogen-bond acceptors (Lipinski definition) is 4. The van der Waals surface area contributed by atoms with Crippen LogP contribution < -0.4 is 5.73 Å². The van der Waals surface area contributed by atoms with Crippen LogP contribution in [0.4, 0.5) is 0 Å². The maximum atomic E-state index is 12.0. The number of fused-ring (bicyclic) bond motifs is 1. The Labute approximate surface area is 92.1 Å².